The Morgan fingerprint density at radius 1 is 0.625 bits per heavy atom. The van der Waals surface area contributed by atoms with Crippen molar-refractivity contribution in [2.24, 2.45) is 0 Å². The molecule has 3 heteroatoms. The number of benzene rings is 3. The van der Waals surface area contributed by atoms with Crippen LogP contribution in [0.15, 0.2) is 78.9 Å². The van der Waals surface area contributed by atoms with Gasteiger partial charge in [-0.1, -0.05) is 60.4 Å². The van der Waals surface area contributed by atoms with Gasteiger partial charge in [0.15, 0.2) is 0 Å². The van der Waals surface area contributed by atoms with Crippen molar-refractivity contribution in [2.75, 3.05) is 0 Å². The molecule has 0 amide bonds. The molecular weight excluding hydrogens is 309 g/mol. The van der Waals surface area contributed by atoms with Crippen LogP contribution in [0.1, 0.15) is 16.7 Å². The Bertz CT molecular complexity index is 880. The summed E-state index contributed by atoms with van der Waals surface area (Å²) in [5.74, 6) is 5.99. The number of hydrogen-bond donors (Lipinski definition) is 0. The maximum Gasteiger partial charge on any atom is 0.416 e. The van der Waals surface area contributed by atoms with E-state index < -0.39 is 11.7 Å². The van der Waals surface area contributed by atoms with E-state index in [0.717, 1.165) is 28.8 Å². The van der Waals surface area contributed by atoms with Crippen LogP contribution in [-0.4, -0.2) is 0 Å². The Balaban J connectivity index is 1.92. The van der Waals surface area contributed by atoms with Crippen LogP contribution in [0.2, 0.25) is 0 Å². The van der Waals surface area contributed by atoms with Gasteiger partial charge in [0.25, 0.3) is 0 Å². The third-order valence-corrected chi connectivity index (χ3v) is 3.57. The number of halogens is 3. The highest BCUT2D eigenvalue weighted by molar-refractivity contribution is 5.71. The van der Waals surface area contributed by atoms with Crippen molar-refractivity contribution in [1.29, 1.82) is 0 Å². The molecule has 0 aliphatic rings. The summed E-state index contributed by atoms with van der Waals surface area (Å²) in [5.41, 5.74) is 2.76. The largest absolute Gasteiger partial charge is 0.416 e. The smallest absolute Gasteiger partial charge is 0.166 e. The lowest BCUT2D eigenvalue weighted by Crippen LogP contribution is -2.04. The van der Waals surface area contributed by atoms with Crippen LogP contribution in [0.25, 0.3) is 11.1 Å². The van der Waals surface area contributed by atoms with Gasteiger partial charge in [-0.15, -0.1) is 0 Å². The minimum absolute atomic E-state index is 0.547. The third-order valence-electron chi connectivity index (χ3n) is 3.57. The summed E-state index contributed by atoms with van der Waals surface area (Å²) in [4.78, 5) is 0. The average Bonchev–Trinajstić information content (AvgIpc) is 2.60. The molecular formula is C21H13F3. The summed E-state index contributed by atoms with van der Waals surface area (Å²) in [6.07, 6.45) is -4.33. The number of rotatable bonds is 1. The zero-order valence-electron chi connectivity index (χ0n) is 12.6. The zero-order chi connectivity index (χ0) is 17.0. The van der Waals surface area contributed by atoms with Gasteiger partial charge in [-0.25, -0.2) is 0 Å². The molecule has 0 nitrogen and oxygen atoms in total. The Labute approximate surface area is 138 Å². The molecule has 0 heterocycles. The Hall–Kier alpha value is -2.99. The molecule has 0 spiro atoms. The van der Waals surface area contributed by atoms with Crippen molar-refractivity contribution < 1.29 is 13.2 Å². The fourth-order valence-electron chi connectivity index (χ4n) is 2.34. The first-order valence-corrected chi connectivity index (χ1v) is 7.38. The first-order chi connectivity index (χ1) is 11.5. The van der Waals surface area contributed by atoms with Crippen molar-refractivity contribution in [3.8, 4) is 23.0 Å². The molecule has 0 aromatic heterocycles. The van der Waals surface area contributed by atoms with Gasteiger partial charge in [-0.05, 0) is 41.5 Å². The molecule has 0 bridgehead atoms. The van der Waals surface area contributed by atoms with E-state index in [9.17, 15) is 13.2 Å². The van der Waals surface area contributed by atoms with Crippen molar-refractivity contribution in [3.63, 3.8) is 0 Å². The predicted molar refractivity (Wildman–Crippen MR) is 89.3 cm³/mol. The highest BCUT2D eigenvalue weighted by Gasteiger charge is 2.29. The second kappa shape index (κ2) is 6.64. The van der Waals surface area contributed by atoms with Crippen LogP contribution in [0.4, 0.5) is 13.2 Å². The molecule has 0 radical (unpaired) electrons. The van der Waals surface area contributed by atoms with E-state index in [1.165, 1.54) is 12.1 Å². The summed E-state index contributed by atoms with van der Waals surface area (Å²) in [6.45, 7) is 0. The lowest BCUT2D eigenvalue weighted by Gasteiger charge is -2.05. The van der Waals surface area contributed by atoms with Crippen LogP contribution in [0.3, 0.4) is 0 Å². The Kier molecular flexibility index (Phi) is 4.39. The number of alkyl halides is 3. The van der Waals surface area contributed by atoms with Gasteiger partial charge in [0.2, 0.25) is 0 Å². The second-order valence-corrected chi connectivity index (χ2v) is 5.24. The molecule has 3 aromatic rings. The van der Waals surface area contributed by atoms with Crippen molar-refractivity contribution in [2.45, 2.75) is 6.18 Å². The molecule has 0 atom stereocenters. The standard InChI is InChI=1S/C21H13F3/c22-21(23,24)19-14-11-16(12-15-19)10-13-18-8-4-5-9-20(18)17-6-2-1-3-7-17/h1-9,11-12,14-15H. The molecule has 3 rings (SSSR count). The minimum Gasteiger partial charge on any atom is -0.166 e. The van der Waals surface area contributed by atoms with E-state index >= 15 is 0 Å². The predicted octanol–water partition coefficient (Wildman–Crippen LogP) is 5.77. The molecule has 3 aromatic carbocycles. The summed E-state index contributed by atoms with van der Waals surface area (Å²) in [7, 11) is 0. The van der Waals surface area contributed by atoms with Gasteiger partial charge in [0.1, 0.15) is 0 Å². The van der Waals surface area contributed by atoms with Gasteiger partial charge in [-0.3, -0.25) is 0 Å². The van der Waals surface area contributed by atoms with E-state index in [0.29, 0.717) is 5.56 Å². The van der Waals surface area contributed by atoms with Gasteiger partial charge < -0.3 is 0 Å². The van der Waals surface area contributed by atoms with E-state index in [4.69, 9.17) is 0 Å². The topological polar surface area (TPSA) is 0 Å². The second-order valence-electron chi connectivity index (χ2n) is 5.24. The van der Waals surface area contributed by atoms with E-state index in [-0.39, 0.29) is 0 Å². The average molecular weight is 322 g/mol. The third kappa shape index (κ3) is 3.67. The molecule has 0 saturated heterocycles. The summed E-state index contributed by atoms with van der Waals surface area (Å²) < 4.78 is 37.7. The Morgan fingerprint density at radius 3 is 1.92 bits per heavy atom. The summed E-state index contributed by atoms with van der Waals surface area (Å²) >= 11 is 0. The summed E-state index contributed by atoms with van der Waals surface area (Å²) in [5, 5.41) is 0. The van der Waals surface area contributed by atoms with Crippen LogP contribution >= 0.6 is 0 Å². The molecule has 0 saturated carbocycles. The van der Waals surface area contributed by atoms with Crippen molar-refractivity contribution in [3.05, 3.63) is 95.6 Å². The van der Waals surface area contributed by atoms with E-state index in [1.807, 2.05) is 54.6 Å². The van der Waals surface area contributed by atoms with Crippen molar-refractivity contribution >= 4 is 0 Å². The highest BCUT2D eigenvalue weighted by atomic mass is 19.4. The van der Waals surface area contributed by atoms with Gasteiger partial charge in [0, 0.05) is 11.1 Å². The maximum atomic E-state index is 12.6. The molecule has 0 N–H and O–H groups in total. The quantitative estimate of drug-likeness (QED) is 0.499. The molecule has 0 fully saturated rings. The fraction of sp³-hybridized carbons (Fsp3) is 0.0476. The van der Waals surface area contributed by atoms with Crippen LogP contribution < -0.4 is 0 Å². The Morgan fingerprint density at radius 2 is 1.25 bits per heavy atom. The molecule has 24 heavy (non-hydrogen) atoms. The first kappa shape index (κ1) is 15.9. The lowest BCUT2D eigenvalue weighted by atomic mass is 10.00. The minimum atomic E-state index is -4.33. The molecule has 118 valence electrons. The number of hydrogen-bond acceptors (Lipinski definition) is 0. The van der Waals surface area contributed by atoms with E-state index in [1.54, 1.807) is 0 Å². The molecule has 0 unspecified atom stereocenters. The first-order valence-electron chi connectivity index (χ1n) is 7.38. The van der Waals surface area contributed by atoms with Crippen LogP contribution in [0.5, 0.6) is 0 Å². The fourth-order valence-corrected chi connectivity index (χ4v) is 2.34. The zero-order valence-corrected chi connectivity index (χ0v) is 12.6. The van der Waals surface area contributed by atoms with Gasteiger partial charge in [0.05, 0.1) is 5.56 Å². The van der Waals surface area contributed by atoms with Crippen LogP contribution in [-0.2, 0) is 6.18 Å². The van der Waals surface area contributed by atoms with Gasteiger partial charge >= 0.3 is 6.18 Å². The van der Waals surface area contributed by atoms with E-state index in [2.05, 4.69) is 11.8 Å². The van der Waals surface area contributed by atoms with Crippen molar-refractivity contribution in [1.82, 2.24) is 0 Å². The summed E-state index contributed by atoms with van der Waals surface area (Å²) in [6, 6.07) is 22.4. The normalized spacial score (nSPS) is 10.8. The van der Waals surface area contributed by atoms with Crippen LogP contribution in [0, 0.1) is 11.8 Å². The SMILES string of the molecule is FC(F)(F)c1ccc(C#Cc2ccccc2-c2ccccc2)cc1. The van der Waals surface area contributed by atoms with Gasteiger partial charge in [-0.2, -0.15) is 13.2 Å². The maximum absolute atomic E-state index is 12.6. The lowest BCUT2D eigenvalue weighted by molar-refractivity contribution is -0.137. The monoisotopic (exact) mass is 322 g/mol. The molecule has 0 aliphatic heterocycles. The molecule has 0 aliphatic carbocycles. The highest BCUT2D eigenvalue weighted by Crippen LogP contribution is 2.29.